The van der Waals surface area contributed by atoms with Crippen LogP contribution in [-0.4, -0.2) is 35.7 Å². The molecule has 1 aliphatic rings. The maximum atomic E-state index is 10.9. The summed E-state index contributed by atoms with van der Waals surface area (Å²) in [6, 6.07) is 0. The molecule has 1 rings (SSSR count). The summed E-state index contributed by atoms with van der Waals surface area (Å²) < 4.78 is 33.1. The van der Waals surface area contributed by atoms with E-state index >= 15 is 0 Å². The Morgan fingerprint density at radius 1 is 1.25 bits per heavy atom. The van der Waals surface area contributed by atoms with Gasteiger partial charge in [-0.3, -0.25) is 4.18 Å². The van der Waals surface area contributed by atoms with Crippen molar-refractivity contribution in [1.29, 1.82) is 0 Å². The van der Waals surface area contributed by atoms with Crippen molar-refractivity contribution in [3.05, 3.63) is 0 Å². The maximum absolute atomic E-state index is 10.9. The van der Waals surface area contributed by atoms with Crippen molar-refractivity contribution in [3.63, 3.8) is 0 Å². The Kier molecular flexibility index (Phi) is 5.50. The van der Waals surface area contributed by atoms with Gasteiger partial charge in [0.25, 0.3) is 10.1 Å². The molecule has 1 saturated carbocycles. The number of hydrogen-bond donors (Lipinski definition) is 0. The Labute approximate surface area is 125 Å². The third-order valence-electron chi connectivity index (χ3n) is 4.50. The molecule has 0 N–H and O–H groups in total. The van der Waals surface area contributed by atoms with Crippen LogP contribution in [0.5, 0.6) is 0 Å². The van der Waals surface area contributed by atoms with Crippen molar-refractivity contribution in [2.75, 3.05) is 12.9 Å². The summed E-state index contributed by atoms with van der Waals surface area (Å²) in [4.78, 5) is 0. The van der Waals surface area contributed by atoms with Crippen LogP contribution >= 0.6 is 0 Å². The summed E-state index contributed by atoms with van der Waals surface area (Å²) in [5, 5.41) is 0.226. The fourth-order valence-electron chi connectivity index (χ4n) is 2.17. The molecule has 0 aromatic rings. The molecule has 3 atom stereocenters. The first-order valence-electron chi connectivity index (χ1n) is 7.34. The van der Waals surface area contributed by atoms with E-state index in [9.17, 15) is 8.42 Å². The molecule has 0 spiro atoms. The van der Waals surface area contributed by atoms with Gasteiger partial charge in [0.2, 0.25) is 0 Å². The van der Waals surface area contributed by atoms with Crippen LogP contribution in [0.4, 0.5) is 0 Å². The molecule has 20 heavy (non-hydrogen) atoms. The Bertz CT molecular complexity index is 425. The molecule has 1 aliphatic carbocycles. The lowest BCUT2D eigenvalue weighted by Crippen LogP contribution is -2.43. The van der Waals surface area contributed by atoms with Gasteiger partial charge < -0.3 is 4.43 Å². The summed E-state index contributed by atoms with van der Waals surface area (Å²) in [7, 11) is -5.01. The summed E-state index contributed by atoms with van der Waals surface area (Å²) in [6.45, 7) is 13.7. The predicted molar refractivity (Wildman–Crippen MR) is 84.8 cm³/mol. The fourth-order valence-corrected chi connectivity index (χ4v) is 4.05. The lowest BCUT2D eigenvalue weighted by atomic mass is 10.2. The lowest BCUT2D eigenvalue weighted by molar-refractivity contribution is 0.177. The van der Waals surface area contributed by atoms with Crippen molar-refractivity contribution in [1.82, 2.24) is 0 Å². The summed E-state index contributed by atoms with van der Waals surface area (Å²) in [5.41, 5.74) is 0. The summed E-state index contributed by atoms with van der Waals surface area (Å²) >= 11 is 0. The van der Waals surface area contributed by atoms with Gasteiger partial charge in [0.05, 0.1) is 12.9 Å². The average Bonchev–Trinajstić information content (AvgIpc) is 2.89. The Hall–Kier alpha value is 0.0869. The van der Waals surface area contributed by atoms with Gasteiger partial charge in [0, 0.05) is 6.10 Å². The smallest absolute Gasteiger partial charge is 0.264 e. The highest BCUT2D eigenvalue weighted by molar-refractivity contribution is 7.85. The van der Waals surface area contributed by atoms with Crippen LogP contribution in [-0.2, 0) is 18.7 Å². The molecule has 0 bridgehead atoms. The van der Waals surface area contributed by atoms with Gasteiger partial charge in [-0.25, -0.2) is 0 Å². The van der Waals surface area contributed by atoms with E-state index in [1.165, 1.54) is 0 Å². The molecule has 0 unspecified atom stereocenters. The molecule has 120 valence electrons. The molecule has 0 amide bonds. The topological polar surface area (TPSA) is 52.6 Å². The van der Waals surface area contributed by atoms with E-state index in [4.69, 9.17) is 8.61 Å². The van der Waals surface area contributed by atoms with E-state index in [2.05, 4.69) is 40.8 Å². The molecule has 0 saturated heterocycles. The number of rotatable bonds is 7. The normalized spacial score (nSPS) is 25.6. The van der Waals surface area contributed by atoms with Crippen molar-refractivity contribution >= 4 is 18.4 Å². The van der Waals surface area contributed by atoms with Crippen LogP contribution in [0.15, 0.2) is 0 Å². The van der Waals surface area contributed by atoms with Gasteiger partial charge in [0.15, 0.2) is 8.32 Å². The molecule has 6 heteroatoms. The van der Waals surface area contributed by atoms with Crippen molar-refractivity contribution in [3.8, 4) is 0 Å². The lowest BCUT2D eigenvalue weighted by Gasteiger charge is -2.38. The van der Waals surface area contributed by atoms with Crippen LogP contribution in [0.2, 0.25) is 18.1 Å². The van der Waals surface area contributed by atoms with E-state index in [1.807, 2.05) is 0 Å². The van der Waals surface area contributed by atoms with Crippen LogP contribution in [0.25, 0.3) is 0 Å². The molecule has 0 aromatic carbocycles. The minimum absolute atomic E-state index is 0.226. The molecule has 1 fully saturated rings. The monoisotopic (exact) mass is 322 g/mol. The van der Waals surface area contributed by atoms with Crippen molar-refractivity contribution in [2.45, 2.75) is 64.8 Å². The average molecular weight is 323 g/mol. The second kappa shape index (κ2) is 6.06. The number of hydrogen-bond acceptors (Lipinski definition) is 4. The zero-order valence-corrected chi connectivity index (χ0v) is 15.7. The Morgan fingerprint density at radius 3 is 2.25 bits per heavy atom. The molecule has 0 radical (unpaired) electrons. The highest BCUT2D eigenvalue weighted by Gasteiger charge is 2.42. The molecule has 0 aliphatic heterocycles. The summed E-state index contributed by atoms with van der Waals surface area (Å²) in [5.74, 6) is 0.937. The minimum Gasteiger partial charge on any atom is -0.414 e. The molecular weight excluding hydrogens is 292 g/mol. The van der Waals surface area contributed by atoms with Crippen molar-refractivity contribution in [2.24, 2.45) is 11.8 Å². The highest BCUT2D eigenvalue weighted by Crippen LogP contribution is 2.44. The molecule has 0 heterocycles. The van der Waals surface area contributed by atoms with Gasteiger partial charge in [-0.2, -0.15) is 8.42 Å². The quantitative estimate of drug-likeness (QED) is 0.532. The van der Waals surface area contributed by atoms with Gasteiger partial charge in [-0.05, 0) is 49.7 Å². The highest BCUT2D eigenvalue weighted by atomic mass is 32.2. The first-order valence-corrected chi connectivity index (χ1v) is 12.1. The fraction of sp³-hybridized carbons (Fsp3) is 1.00. The third kappa shape index (κ3) is 5.83. The van der Waals surface area contributed by atoms with E-state index in [-0.39, 0.29) is 11.1 Å². The van der Waals surface area contributed by atoms with Crippen molar-refractivity contribution < 1.29 is 17.0 Å². The third-order valence-corrected chi connectivity index (χ3v) is 9.67. The summed E-state index contributed by atoms with van der Waals surface area (Å²) in [6.07, 6.45) is 3.41. The minimum atomic E-state index is -3.30. The van der Waals surface area contributed by atoms with Crippen LogP contribution < -0.4 is 0 Å². The standard InChI is InChI=1S/C14H30O4SSi/c1-11(18-20(6,7)14(2,3)4)8-12-9-13(12)10-17-19(5,15)16/h11-13H,8-10H2,1-7H3/t11-,12-,13+/m0/s1. The van der Waals surface area contributed by atoms with E-state index in [0.29, 0.717) is 18.4 Å². The molecular formula is C14H30O4SSi. The second-order valence-electron chi connectivity index (χ2n) is 7.67. The Morgan fingerprint density at radius 2 is 1.80 bits per heavy atom. The zero-order chi connectivity index (χ0) is 15.8. The van der Waals surface area contributed by atoms with Crippen LogP contribution in [0, 0.1) is 11.8 Å². The van der Waals surface area contributed by atoms with E-state index in [1.54, 1.807) is 0 Å². The van der Waals surface area contributed by atoms with E-state index < -0.39 is 18.4 Å². The zero-order valence-electron chi connectivity index (χ0n) is 13.9. The van der Waals surface area contributed by atoms with Gasteiger partial charge in [-0.15, -0.1) is 0 Å². The SMILES string of the molecule is C[C@@H](C[C@H]1C[C@@H]1COS(C)(=O)=O)O[Si](C)(C)C(C)(C)C. The van der Waals surface area contributed by atoms with Crippen LogP contribution in [0.3, 0.4) is 0 Å². The first-order chi connectivity index (χ1) is 8.82. The van der Waals surface area contributed by atoms with Gasteiger partial charge in [0.1, 0.15) is 0 Å². The predicted octanol–water partition coefficient (Wildman–Crippen LogP) is 3.40. The van der Waals surface area contributed by atoms with Gasteiger partial charge in [-0.1, -0.05) is 20.8 Å². The molecule has 4 nitrogen and oxygen atoms in total. The van der Waals surface area contributed by atoms with Crippen LogP contribution in [0.1, 0.15) is 40.5 Å². The Balaban J connectivity index is 2.34. The maximum Gasteiger partial charge on any atom is 0.264 e. The van der Waals surface area contributed by atoms with E-state index in [0.717, 1.165) is 19.1 Å². The second-order valence-corrected chi connectivity index (χ2v) is 14.1. The first kappa shape index (κ1) is 18.1. The molecule has 0 aromatic heterocycles. The largest absolute Gasteiger partial charge is 0.414 e. The van der Waals surface area contributed by atoms with Gasteiger partial charge >= 0.3 is 0 Å².